The van der Waals surface area contributed by atoms with E-state index in [2.05, 4.69) is 0 Å². The van der Waals surface area contributed by atoms with Crippen molar-refractivity contribution >= 4 is 138 Å². The molecular formula is C2H10Na4O7S2. The predicted molar refractivity (Wildman–Crippen MR) is 62.6 cm³/mol. The molecule has 0 saturated heterocycles. The van der Waals surface area contributed by atoms with Gasteiger partial charge in [0.15, 0.2) is 5.44 Å². The van der Waals surface area contributed by atoms with Crippen LogP contribution in [0.2, 0.25) is 0 Å². The molecule has 0 heterocycles. The van der Waals surface area contributed by atoms with Crippen LogP contribution in [0.4, 0.5) is 0 Å². The molecule has 0 aliphatic carbocycles. The summed E-state index contributed by atoms with van der Waals surface area (Å²) < 4.78 is 55.7. The molecule has 0 aliphatic heterocycles. The molecule has 0 bridgehead atoms. The van der Waals surface area contributed by atoms with E-state index in [1.54, 1.807) is 0 Å². The average molecular weight is 302 g/mol. The first-order valence-corrected chi connectivity index (χ1v) is 5.34. The molecule has 1 atom stereocenters. The first-order chi connectivity index (χ1) is 4.63. The number of aliphatic hydroxyl groups is 1. The van der Waals surface area contributed by atoms with Crippen LogP contribution in [-0.4, -0.2) is 160 Å². The molecule has 0 aromatic rings. The number of aliphatic hydroxyl groups excluding tert-OH is 1. The van der Waals surface area contributed by atoms with Gasteiger partial charge in [-0.1, -0.05) is 0 Å². The average Bonchev–Trinajstić information content (AvgIpc) is 1.56. The van der Waals surface area contributed by atoms with Crippen LogP contribution in [0, 0.1) is 0 Å². The zero-order valence-corrected chi connectivity index (χ0v) is 6.71. The fraction of sp³-hybridized carbons (Fsp3) is 1.00. The quantitative estimate of drug-likeness (QED) is 0.354. The third kappa shape index (κ3) is 20.3. The minimum absolute atomic E-state index is 0. The Labute approximate surface area is 177 Å². The summed E-state index contributed by atoms with van der Waals surface area (Å²) in [5.74, 6) is -1.44. The van der Waals surface area contributed by atoms with E-state index < -0.39 is 31.4 Å². The van der Waals surface area contributed by atoms with E-state index in [0.29, 0.717) is 0 Å². The molecule has 0 rings (SSSR count). The van der Waals surface area contributed by atoms with Gasteiger partial charge in [-0.2, -0.15) is 16.8 Å². The van der Waals surface area contributed by atoms with Crippen molar-refractivity contribution in [2.75, 3.05) is 5.75 Å². The standard InChI is InChI=1S/C2H6O7S2.4Na.4H/c3-2(11(7,8)9)1-10(4,5)6;;;;;;;;/h2-3H,1H2,(H,4,5,6)(H,7,8,9);;;;;;;;. The molecule has 0 aliphatic rings. The molecule has 1 unspecified atom stereocenters. The molecule has 0 fully saturated rings. The molecule has 7 nitrogen and oxygen atoms in total. The van der Waals surface area contributed by atoms with Crippen LogP contribution in [0.15, 0.2) is 0 Å². The molecule has 3 N–H and O–H groups in total. The zero-order valence-electron chi connectivity index (χ0n) is 5.08. The van der Waals surface area contributed by atoms with Gasteiger partial charge in [-0.05, 0) is 0 Å². The van der Waals surface area contributed by atoms with Gasteiger partial charge in [0.05, 0.1) is 0 Å². The Morgan fingerprint density at radius 2 is 1.13 bits per heavy atom. The van der Waals surface area contributed by atoms with Crippen molar-refractivity contribution < 1.29 is 31.0 Å². The monoisotopic (exact) mass is 302 g/mol. The van der Waals surface area contributed by atoms with Crippen molar-refractivity contribution in [1.82, 2.24) is 0 Å². The van der Waals surface area contributed by atoms with E-state index in [0.717, 1.165) is 0 Å². The summed E-state index contributed by atoms with van der Waals surface area (Å²) in [4.78, 5) is 0. The van der Waals surface area contributed by atoms with Gasteiger partial charge in [-0.15, -0.1) is 0 Å². The molecule has 15 heavy (non-hydrogen) atoms. The van der Waals surface area contributed by atoms with E-state index >= 15 is 0 Å². The third-order valence-corrected chi connectivity index (χ3v) is 2.50. The van der Waals surface area contributed by atoms with Crippen molar-refractivity contribution in [3.8, 4) is 0 Å². The van der Waals surface area contributed by atoms with Crippen molar-refractivity contribution in [2.45, 2.75) is 5.44 Å². The van der Waals surface area contributed by atoms with Gasteiger partial charge < -0.3 is 5.11 Å². The topological polar surface area (TPSA) is 129 Å². The van der Waals surface area contributed by atoms with Crippen LogP contribution < -0.4 is 0 Å². The van der Waals surface area contributed by atoms with Gasteiger partial charge in [0.25, 0.3) is 20.2 Å². The molecule has 0 saturated carbocycles. The summed E-state index contributed by atoms with van der Waals surface area (Å²) in [6, 6.07) is 0. The van der Waals surface area contributed by atoms with Crippen molar-refractivity contribution in [3.63, 3.8) is 0 Å². The summed E-state index contributed by atoms with van der Waals surface area (Å²) in [5.41, 5.74) is -2.50. The van der Waals surface area contributed by atoms with E-state index in [1.807, 2.05) is 0 Å². The first kappa shape index (κ1) is 31.3. The number of hydrogen-bond donors (Lipinski definition) is 3. The van der Waals surface area contributed by atoms with E-state index in [4.69, 9.17) is 14.2 Å². The van der Waals surface area contributed by atoms with Crippen molar-refractivity contribution in [1.29, 1.82) is 0 Å². The van der Waals surface area contributed by atoms with Crippen LogP contribution in [0.1, 0.15) is 0 Å². The number of hydrogen-bond acceptors (Lipinski definition) is 5. The van der Waals surface area contributed by atoms with E-state index in [1.165, 1.54) is 0 Å². The van der Waals surface area contributed by atoms with Gasteiger partial charge in [-0.25, -0.2) is 0 Å². The second kappa shape index (κ2) is 12.8. The first-order valence-electron chi connectivity index (χ1n) is 2.22. The maximum absolute atomic E-state index is 9.94. The molecule has 0 aromatic carbocycles. The van der Waals surface area contributed by atoms with Crippen LogP contribution in [0.3, 0.4) is 0 Å². The van der Waals surface area contributed by atoms with Gasteiger partial charge in [0, 0.05) is 0 Å². The van der Waals surface area contributed by atoms with Crippen LogP contribution in [0.5, 0.6) is 0 Å². The second-order valence-electron chi connectivity index (χ2n) is 1.72. The van der Waals surface area contributed by atoms with Gasteiger partial charge >= 0.3 is 118 Å². The fourth-order valence-corrected chi connectivity index (χ4v) is 1.83. The van der Waals surface area contributed by atoms with Crippen LogP contribution in [0.25, 0.3) is 0 Å². The summed E-state index contributed by atoms with van der Waals surface area (Å²) in [7, 11) is -9.42. The summed E-state index contributed by atoms with van der Waals surface area (Å²) in [6.07, 6.45) is 0. The molecule has 76 valence electrons. The zero-order chi connectivity index (χ0) is 9.28. The van der Waals surface area contributed by atoms with Crippen molar-refractivity contribution in [3.05, 3.63) is 0 Å². The Kier molecular flexibility index (Phi) is 26.7. The number of rotatable bonds is 3. The Hall–Kier alpha value is 3.78. The van der Waals surface area contributed by atoms with Gasteiger partial charge in [-0.3, -0.25) is 9.11 Å². The second-order valence-corrected chi connectivity index (χ2v) is 4.79. The molecule has 13 heteroatoms. The maximum atomic E-state index is 9.94. The molecule has 0 radical (unpaired) electrons. The van der Waals surface area contributed by atoms with E-state index in [9.17, 15) is 16.8 Å². The molecule has 0 aromatic heterocycles. The van der Waals surface area contributed by atoms with Crippen LogP contribution >= 0.6 is 0 Å². The summed E-state index contributed by atoms with van der Waals surface area (Å²) in [5, 5.41) is 8.34. The van der Waals surface area contributed by atoms with Crippen molar-refractivity contribution in [2.24, 2.45) is 0 Å². The predicted octanol–water partition coefficient (Wildman–Crippen LogP) is -4.51. The van der Waals surface area contributed by atoms with Gasteiger partial charge in [0.2, 0.25) is 0 Å². The molecule has 0 spiro atoms. The summed E-state index contributed by atoms with van der Waals surface area (Å²) in [6.45, 7) is 0. The Morgan fingerprint density at radius 3 is 1.20 bits per heavy atom. The molecular weight excluding hydrogens is 292 g/mol. The third-order valence-electron chi connectivity index (χ3n) is 0.697. The Morgan fingerprint density at radius 1 is 0.867 bits per heavy atom. The Balaban J connectivity index is -0.0000000833. The fourth-order valence-electron chi connectivity index (χ4n) is 0.266. The SMILES string of the molecule is O=S(=O)(O)CC(O)S(=O)(=O)O.[NaH].[NaH].[NaH].[NaH]. The summed E-state index contributed by atoms with van der Waals surface area (Å²) >= 11 is 0. The molecule has 0 amide bonds. The van der Waals surface area contributed by atoms with Gasteiger partial charge in [0.1, 0.15) is 5.75 Å². The Bertz CT molecular complexity index is 321. The minimum atomic E-state index is -4.82. The van der Waals surface area contributed by atoms with E-state index in [-0.39, 0.29) is 118 Å². The normalized spacial score (nSPS) is 11.9. The van der Waals surface area contributed by atoms with Crippen LogP contribution in [-0.2, 0) is 20.2 Å².